The first kappa shape index (κ1) is 24.3. The van der Waals surface area contributed by atoms with Gasteiger partial charge in [-0.3, -0.25) is 9.59 Å². The van der Waals surface area contributed by atoms with E-state index in [2.05, 4.69) is 31.2 Å². The maximum atomic E-state index is 13.1. The molecule has 0 radical (unpaired) electrons. The predicted molar refractivity (Wildman–Crippen MR) is 129 cm³/mol. The van der Waals surface area contributed by atoms with Gasteiger partial charge in [-0.25, -0.2) is 0 Å². The second kappa shape index (κ2) is 10.6. The molecular formula is C28H34O6. The lowest BCUT2D eigenvalue weighted by Gasteiger charge is -2.35. The van der Waals surface area contributed by atoms with Crippen molar-refractivity contribution < 1.29 is 28.9 Å². The topological polar surface area (TPSA) is 82.1 Å². The highest BCUT2D eigenvalue weighted by molar-refractivity contribution is 5.99. The Morgan fingerprint density at radius 3 is 2.50 bits per heavy atom. The van der Waals surface area contributed by atoms with Gasteiger partial charge in [-0.05, 0) is 60.9 Å². The van der Waals surface area contributed by atoms with Crippen LogP contribution in [-0.4, -0.2) is 43.8 Å². The van der Waals surface area contributed by atoms with Crippen LogP contribution in [0.15, 0.2) is 42.5 Å². The second-order valence-corrected chi connectivity index (χ2v) is 9.81. The summed E-state index contributed by atoms with van der Waals surface area (Å²) in [5.74, 6) is 1.000. The molecule has 2 fully saturated rings. The van der Waals surface area contributed by atoms with Gasteiger partial charge in [0.2, 0.25) is 0 Å². The minimum Gasteiger partial charge on any atom is -0.493 e. The van der Waals surface area contributed by atoms with Crippen molar-refractivity contribution in [2.75, 3.05) is 26.9 Å². The van der Waals surface area contributed by atoms with Crippen LogP contribution in [-0.2, 0) is 16.0 Å². The lowest BCUT2D eigenvalue weighted by Crippen LogP contribution is -2.37. The molecule has 2 aliphatic rings. The van der Waals surface area contributed by atoms with Crippen LogP contribution in [0.25, 0.3) is 0 Å². The standard InChI is InChI=1S/C28H34O6/c1-19-8-11-28(12-9-19,27(30)31)16-24(29)22-6-7-25(32-2)26(15-22)34-13-10-20-4-3-5-21(14-20)23-17-33-18-23/h3-7,14-15,19,23H,8-13,16-18H2,1-2H3,(H,30,31). The third kappa shape index (κ3) is 5.44. The zero-order chi connectivity index (χ0) is 24.1. The van der Waals surface area contributed by atoms with Gasteiger partial charge in [-0.2, -0.15) is 0 Å². The van der Waals surface area contributed by atoms with E-state index in [1.165, 1.54) is 11.1 Å². The molecule has 1 aliphatic heterocycles. The van der Waals surface area contributed by atoms with Gasteiger partial charge in [0.05, 0.1) is 32.3 Å². The maximum absolute atomic E-state index is 13.1. The molecule has 1 heterocycles. The molecule has 34 heavy (non-hydrogen) atoms. The first-order chi connectivity index (χ1) is 16.4. The summed E-state index contributed by atoms with van der Waals surface area (Å²) in [7, 11) is 1.57. The Labute approximate surface area is 201 Å². The van der Waals surface area contributed by atoms with Crippen molar-refractivity contribution in [3.63, 3.8) is 0 Å². The van der Waals surface area contributed by atoms with Gasteiger partial charge in [0.15, 0.2) is 17.3 Å². The summed E-state index contributed by atoms with van der Waals surface area (Å²) in [6.07, 6.45) is 3.50. The average molecular weight is 467 g/mol. The number of carboxylic acid groups (broad SMARTS) is 1. The molecule has 1 saturated heterocycles. The molecule has 2 aromatic rings. The van der Waals surface area contributed by atoms with E-state index in [0.717, 1.165) is 32.5 Å². The monoisotopic (exact) mass is 466 g/mol. The van der Waals surface area contributed by atoms with E-state index >= 15 is 0 Å². The van der Waals surface area contributed by atoms with Crippen LogP contribution in [0, 0.1) is 11.3 Å². The molecule has 1 saturated carbocycles. The van der Waals surface area contributed by atoms with Gasteiger partial charge < -0.3 is 19.3 Å². The smallest absolute Gasteiger partial charge is 0.310 e. The fourth-order valence-electron chi connectivity index (χ4n) is 4.86. The minimum atomic E-state index is -0.971. The molecule has 6 heteroatoms. The number of carbonyl (C=O) groups excluding carboxylic acids is 1. The number of hydrogen-bond acceptors (Lipinski definition) is 5. The quantitative estimate of drug-likeness (QED) is 0.480. The van der Waals surface area contributed by atoms with Crippen LogP contribution in [0.4, 0.5) is 0 Å². The zero-order valence-corrected chi connectivity index (χ0v) is 20.0. The van der Waals surface area contributed by atoms with E-state index in [1.54, 1.807) is 25.3 Å². The van der Waals surface area contributed by atoms with Crippen molar-refractivity contribution in [1.82, 2.24) is 0 Å². The highest BCUT2D eigenvalue weighted by Crippen LogP contribution is 2.43. The molecule has 0 amide bonds. The Bertz CT molecular complexity index is 1020. The van der Waals surface area contributed by atoms with Gasteiger partial charge in [-0.1, -0.05) is 31.2 Å². The normalized spacial score (nSPS) is 22.6. The van der Waals surface area contributed by atoms with Crippen LogP contribution in [0.5, 0.6) is 11.5 Å². The summed E-state index contributed by atoms with van der Waals surface area (Å²) in [5, 5.41) is 9.90. The van der Waals surface area contributed by atoms with E-state index in [0.29, 0.717) is 48.3 Å². The fraction of sp³-hybridized carbons (Fsp3) is 0.500. The van der Waals surface area contributed by atoms with Crippen LogP contribution < -0.4 is 9.47 Å². The minimum absolute atomic E-state index is 0.0124. The molecule has 6 nitrogen and oxygen atoms in total. The number of benzene rings is 2. The summed E-state index contributed by atoms with van der Waals surface area (Å²) in [5.41, 5.74) is 1.96. The molecule has 0 bridgehead atoms. The summed E-state index contributed by atoms with van der Waals surface area (Å²) in [6, 6.07) is 13.6. The van der Waals surface area contributed by atoms with Crippen molar-refractivity contribution in [2.24, 2.45) is 11.3 Å². The number of ether oxygens (including phenoxy) is 3. The maximum Gasteiger partial charge on any atom is 0.310 e. The lowest BCUT2D eigenvalue weighted by atomic mass is 9.68. The summed E-state index contributed by atoms with van der Waals surface area (Å²) in [6.45, 7) is 4.13. The first-order valence-corrected chi connectivity index (χ1v) is 12.1. The third-order valence-corrected chi connectivity index (χ3v) is 7.38. The molecule has 0 atom stereocenters. The molecule has 0 aromatic heterocycles. The number of aliphatic carboxylic acids is 1. The fourth-order valence-corrected chi connectivity index (χ4v) is 4.86. The molecule has 182 valence electrons. The van der Waals surface area contributed by atoms with Gasteiger partial charge in [-0.15, -0.1) is 0 Å². The number of Topliss-reactive ketones (excluding diaryl/α,β-unsaturated/α-hetero) is 1. The van der Waals surface area contributed by atoms with E-state index in [1.807, 2.05) is 0 Å². The molecular weight excluding hydrogens is 432 g/mol. The highest BCUT2D eigenvalue weighted by Gasteiger charge is 2.43. The largest absolute Gasteiger partial charge is 0.493 e. The lowest BCUT2D eigenvalue weighted by molar-refractivity contribution is -0.151. The van der Waals surface area contributed by atoms with Crippen molar-refractivity contribution in [3.8, 4) is 11.5 Å². The Kier molecular flexibility index (Phi) is 7.57. The predicted octanol–water partition coefficient (Wildman–Crippen LogP) is 5.28. The van der Waals surface area contributed by atoms with Crippen molar-refractivity contribution in [1.29, 1.82) is 0 Å². The van der Waals surface area contributed by atoms with E-state index < -0.39 is 11.4 Å². The summed E-state index contributed by atoms with van der Waals surface area (Å²) in [4.78, 5) is 25.2. The van der Waals surface area contributed by atoms with Crippen molar-refractivity contribution >= 4 is 11.8 Å². The Hall–Kier alpha value is -2.86. The van der Waals surface area contributed by atoms with E-state index in [-0.39, 0.29) is 12.2 Å². The highest BCUT2D eigenvalue weighted by atomic mass is 16.5. The third-order valence-electron chi connectivity index (χ3n) is 7.38. The molecule has 1 N–H and O–H groups in total. The SMILES string of the molecule is COc1ccc(C(=O)CC2(C(=O)O)CCC(C)CC2)cc1OCCc1cccc(C2COC2)c1. The van der Waals surface area contributed by atoms with Gasteiger partial charge >= 0.3 is 5.97 Å². The number of carboxylic acids is 1. The molecule has 4 rings (SSSR count). The van der Waals surface area contributed by atoms with Crippen LogP contribution in [0.1, 0.15) is 66.4 Å². The number of carbonyl (C=O) groups is 2. The molecule has 1 aliphatic carbocycles. The first-order valence-electron chi connectivity index (χ1n) is 12.1. The summed E-state index contributed by atoms with van der Waals surface area (Å²) >= 11 is 0. The average Bonchev–Trinajstić information content (AvgIpc) is 2.79. The van der Waals surface area contributed by atoms with E-state index in [4.69, 9.17) is 14.2 Å². The Balaban J connectivity index is 1.42. The van der Waals surface area contributed by atoms with Crippen molar-refractivity contribution in [2.45, 2.75) is 51.4 Å². The van der Waals surface area contributed by atoms with Crippen LogP contribution >= 0.6 is 0 Å². The van der Waals surface area contributed by atoms with Gasteiger partial charge in [0.1, 0.15) is 0 Å². The number of ketones is 1. The van der Waals surface area contributed by atoms with Gasteiger partial charge in [0, 0.05) is 24.3 Å². The molecule has 0 unspecified atom stereocenters. The van der Waals surface area contributed by atoms with Crippen LogP contribution in [0.2, 0.25) is 0 Å². The number of methoxy groups -OCH3 is 1. The van der Waals surface area contributed by atoms with Gasteiger partial charge in [0.25, 0.3) is 0 Å². The Morgan fingerprint density at radius 1 is 1.09 bits per heavy atom. The molecule has 2 aromatic carbocycles. The Morgan fingerprint density at radius 2 is 1.85 bits per heavy atom. The second-order valence-electron chi connectivity index (χ2n) is 9.81. The number of hydrogen-bond donors (Lipinski definition) is 1. The van der Waals surface area contributed by atoms with Crippen LogP contribution in [0.3, 0.4) is 0 Å². The molecule has 0 spiro atoms. The van der Waals surface area contributed by atoms with E-state index in [9.17, 15) is 14.7 Å². The number of rotatable bonds is 10. The zero-order valence-electron chi connectivity index (χ0n) is 20.0. The van der Waals surface area contributed by atoms with Crippen molar-refractivity contribution in [3.05, 3.63) is 59.2 Å². The summed E-state index contributed by atoms with van der Waals surface area (Å²) < 4.78 is 16.8.